The Hall–Kier alpha value is -3.33. The summed E-state index contributed by atoms with van der Waals surface area (Å²) in [5, 5.41) is 10.3. The summed E-state index contributed by atoms with van der Waals surface area (Å²) < 4.78 is 44.8. The van der Waals surface area contributed by atoms with Crippen molar-refractivity contribution in [3.8, 4) is 11.4 Å². The predicted octanol–water partition coefficient (Wildman–Crippen LogP) is 8.49. The summed E-state index contributed by atoms with van der Waals surface area (Å²) in [6.45, 7) is 8.92. The molecular weight excluding hydrogens is 574 g/mol. The van der Waals surface area contributed by atoms with Gasteiger partial charge in [-0.15, -0.1) is 0 Å². The van der Waals surface area contributed by atoms with Crippen LogP contribution in [0.2, 0.25) is 5.02 Å². The SMILES string of the molecule is CCOC(C)C1(C(C)OCC)CCCCC1(c1ccc(C(=O)O)cc1)n1c(-c2ccc(Cl)cc2)nc2cc(F)c(F)cc21. The highest BCUT2D eigenvalue weighted by Gasteiger charge is 2.62. The second kappa shape index (κ2) is 12.3. The van der Waals surface area contributed by atoms with Crippen molar-refractivity contribution < 1.29 is 28.2 Å². The van der Waals surface area contributed by atoms with Gasteiger partial charge < -0.3 is 19.1 Å². The van der Waals surface area contributed by atoms with Crippen LogP contribution in [0.1, 0.15) is 69.3 Å². The molecule has 5 rings (SSSR count). The van der Waals surface area contributed by atoms with Gasteiger partial charge >= 0.3 is 5.97 Å². The van der Waals surface area contributed by atoms with Crippen LogP contribution in [-0.2, 0) is 15.0 Å². The molecule has 1 heterocycles. The average Bonchev–Trinajstić information content (AvgIpc) is 3.35. The van der Waals surface area contributed by atoms with E-state index in [4.69, 9.17) is 26.1 Å². The second-order valence-corrected chi connectivity index (χ2v) is 11.7. The molecule has 6 nitrogen and oxygen atoms in total. The predicted molar refractivity (Wildman–Crippen MR) is 164 cm³/mol. The summed E-state index contributed by atoms with van der Waals surface area (Å²) in [5.74, 6) is -2.49. The molecule has 1 N–H and O–H groups in total. The van der Waals surface area contributed by atoms with Gasteiger partial charge in [-0.3, -0.25) is 0 Å². The fourth-order valence-electron chi connectivity index (χ4n) is 7.45. The van der Waals surface area contributed by atoms with Crippen molar-refractivity contribution in [3.63, 3.8) is 0 Å². The number of ether oxygens (including phenoxy) is 2. The molecule has 1 saturated carbocycles. The first kappa shape index (κ1) is 31.1. The summed E-state index contributed by atoms with van der Waals surface area (Å²) in [5.41, 5.74) is 0.701. The lowest BCUT2D eigenvalue weighted by atomic mass is 9.53. The molecule has 1 aliphatic carbocycles. The van der Waals surface area contributed by atoms with E-state index in [1.807, 2.05) is 56.5 Å². The molecule has 4 aromatic rings. The minimum Gasteiger partial charge on any atom is -0.478 e. The maximum absolute atomic E-state index is 15.1. The van der Waals surface area contributed by atoms with Gasteiger partial charge in [0.2, 0.25) is 0 Å². The molecule has 43 heavy (non-hydrogen) atoms. The van der Waals surface area contributed by atoms with Gasteiger partial charge in [-0.05, 0) is 82.5 Å². The van der Waals surface area contributed by atoms with Gasteiger partial charge in [-0.1, -0.05) is 36.6 Å². The molecule has 1 aliphatic rings. The lowest BCUT2D eigenvalue weighted by Gasteiger charge is -2.60. The largest absolute Gasteiger partial charge is 0.478 e. The van der Waals surface area contributed by atoms with E-state index in [9.17, 15) is 14.3 Å². The standard InChI is InChI=1S/C34H37ClF2N2O4/c1-5-42-21(3)33(22(4)43-6-2)17-7-8-18-34(33,25-13-9-24(10-14-25)32(40)41)39-30-20-28(37)27(36)19-29(30)38-31(39)23-11-15-26(35)16-12-23/h9-16,19-22H,5-8,17-18H2,1-4H3,(H,40,41). The average molecular weight is 611 g/mol. The Labute approximate surface area is 255 Å². The van der Waals surface area contributed by atoms with Gasteiger partial charge in [0.1, 0.15) is 5.82 Å². The number of imidazole rings is 1. The number of hydrogen-bond donors (Lipinski definition) is 1. The third kappa shape index (κ3) is 5.13. The number of fused-ring (bicyclic) bond motifs is 1. The van der Waals surface area contributed by atoms with Crippen LogP contribution in [0.4, 0.5) is 8.78 Å². The third-order valence-electron chi connectivity index (χ3n) is 9.22. The van der Waals surface area contributed by atoms with E-state index in [0.717, 1.165) is 30.0 Å². The first-order chi connectivity index (χ1) is 20.6. The Kier molecular flexibility index (Phi) is 8.93. The van der Waals surface area contributed by atoms with Crippen molar-refractivity contribution in [1.82, 2.24) is 9.55 Å². The topological polar surface area (TPSA) is 73.6 Å². The molecule has 1 aromatic heterocycles. The minimum absolute atomic E-state index is 0.151. The second-order valence-electron chi connectivity index (χ2n) is 11.2. The first-order valence-corrected chi connectivity index (χ1v) is 15.2. The van der Waals surface area contributed by atoms with Crippen LogP contribution in [0.25, 0.3) is 22.4 Å². The highest BCUT2D eigenvalue weighted by Crippen LogP contribution is 2.60. The summed E-state index contributed by atoms with van der Waals surface area (Å²) in [7, 11) is 0. The number of benzene rings is 3. The number of rotatable bonds is 10. The molecular formula is C34H37ClF2N2O4. The molecule has 3 unspecified atom stereocenters. The monoisotopic (exact) mass is 610 g/mol. The van der Waals surface area contributed by atoms with Crippen molar-refractivity contribution in [2.24, 2.45) is 5.41 Å². The van der Waals surface area contributed by atoms with E-state index >= 15 is 4.39 Å². The first-order valence-electron chi connectivity index (χ1n) is 14.8. The Balaban J connectivity index is 1.99. The summed E-state index contributed by atoms with van der Waals surface area (Å²) >= 11 is 6.26. The van der Waals surface area contributed by atoms with E-state index in [1.165, 1.54) is 6.07 Å². The molecule has 1 fully saturated rings. The smallest absolute Gasteiger partial charge is 0.335 e. The normalized spacial score (nSPS) is 22.0. The zero-order valence-corrected chi connectivity index (χ0v) is 25.6. The van der Waals surface area contributed by atoms with Gasteiger partial charge in [0, 0.05) is 35.9 Å². The van der Waals surface area contributed by atoms with Crippen molar-refractivity contribution in [3.05, 3.63) is 88.4 Å². The highest BCUT2D eigenvalue weighted by molar-refractivity contribution is 6.30. The van der Waals surface area contributed by atoms with E-state index in [0.29, 0.717) is 47.9 Å². The highest BCUT2D eigenvalue weighted by atomic mass is 35.5. The van der Waals surface area contributed by atoms with Gasteiger partial charge in [0.15, 0.2) is 11.6 Å². The molecule has 0 amide bonds. The maximum Gasteiger partial charge on any atom is 0.335 e. The Morgan fingerprint density at radius 3 is 2.12 bits per heavy atom. The number of halogens is 3. The lowest BCUT2D eigenvalue weighted by molar-refractivity contribution is -0.173. The third-order valence-corrected chi connectivity index (χ3v) is 9.48. The number of carboxylic acids is 1. The molecule has 0 bridgehead atoms. The van der Waals surface area contributed by atoms with Crippen LogP contribution in [0.15, 0.2) is 60.7 Å². The zero-order valence-electron chi connectivity index (χ0n) is 24.9. The van der Waals surface area contributed by atoms with Crippen LogP contribution < -0.4 is 0 Å². The quantitative estimate of drug-likeness (QED) is 0.195. The van der Waals surface area contributed by atoms with E-state index in [1.54, 1.807) is 24.3 Å². The summed E-state index contributed by atoms with van der Waals surface area (Å²) in [6.07, 6.45) is 2.33. The van der Waals surface area contributed by atoms with Crippen molar-refractivity contribution in [2.45, 2.75) is 71.1 Å². The number of aromatic nitrogens is 2. The molecule has 9 heteroatoms. The molecule has 0 saturated heterocycles. The molecule has 0 spiro atoms. The fraction of sp³-hybridized carbons (Fsp3) is 0.412. The Morgan fingerprint density at radius 1 is 0.953 bits per heavy atom. The number of aromatic carboxylic acids is 1. The summed E-state index contributed by atoms with van der Waals surface area (Å²) in [6, 6.07) is 16.4. The zero-order chi connectivity index (χ0) is 30.9. The van der Waals surface area contributed by atoms with Gasteiger partial charge in [0.25, 0.3) is 0 Å². The minimum atomic E-state index is -1.03. The van der Waals surface area contributed by atoms with E-state index < -0.39 is 28.6 Å². The fourth-order valence-corrected chi connectivity index (χ4v) is 7.57. The van der Waals surface area contributed by atoms with Crippen LogP contribution in [-0.4, -0.2) is 46.0 Å². The van der Waals surface area contributed by atoms with Crippen LogP contribution in [0, 0.1) is 17.0 Å². The van der Waals surface area contributed by atoms with Crippen LogP contribution in [0.3, 0.4) is 0 Å². The van der Waals surface area contributed by atoms with Crippen molar-refractivity contribution in [1.29, 1.82) is 0 Å². The Bertz CT molecular complexity index is 1590. The van der Waals surface area contributed by atoms with Gasteiger partial charge in [-0.2, -0.15) is 0 Å². The van der Waals surface area contributed by atoms with Crippen LogP contribution in [0.5, 0.6) is 0 Å². The van der Waals surface area contributed by atoms with Crippen LogP contribution >= 0.6 is 11.6 Å². The molecule has 3 atom stereocenters. The Morgan fingerprint density at radius 2 is 1.53 bits per heavy atom. The van der Waals surface area contributed by atoms with Gasteiger partial charge in [-0.25, -0.2) is 18.6 Å². The van der Waals surface area contributed by atoms with Crippen molar-refractivity contribution in [2.75, 3.05) is 13.2 Å². The van der Waals surface area contributed by atoms with E-state index in [2.05, 4.69) is 0 Å². The lowest BCUT2D eigenvalue weighted by Crippen LogP contribution is -2.64. The molecule has 228 valence electrons. The maximum atomic E-state index is 15.1. The number of hydrogen-bond acceptors (Lipinski definition) is 4. The van der Waals surface area contributed by atoms with Gasteiger partial charge in [0.05, 0.1) is 39.8 Å². The number of carboxylic acid groups (broad SMARTS) is 1. The summed E-state index contributed by atoms with van der Waals surface area (Å²) in [4.78, 5) is 16.8. The molecule has 0 radical (unpaired) electrons. The molecule has 3 aromatic carbocycles. The van der Waals surface area contributed by atoms with E-state index in [-0.39, 0.29) is 17.8 Å². The number of carbonyl (C=O) groups is 1. The van der Waals surface area contributed by atoms with Crippen molar-refractivity contribution >= 4 is 28.6 Å². The number of nitrogens with zero attached hydrogens (tertiary/aromatic N) is 2. The molecule has 0 aliphatic heterocycles.